The van der Waals surface area contributed by atoms with E-state index in [0.29, 0.717) is 0 Å². The Morgan fingerprint density at radius 2 is 2.31 bits per heavy atom. The first kappa shape index (κ1) is 9.39. The van der Waals surface area contributed by atoms with E-state index in [9.17, 15) is 4.79 Å². The van der Waals surface area contributed by atoms with Crippen LogP contribution in [0.4, 0.5) is 0 Å². The van der Waals surface area contributed by atoms with Gasteiger partial charge in [-0.05, 0) is 18.9 Å². The molecule has 1 N–H and O–H groups in total. The summed E-state index contributed by atoms with van der Waals surface area (Å²) in [7, 11) is 0. The van der Waals surface area contributed by atoms with E-state index in [1.54, 1.807) is 0 Å². The topological polar surface area (TPSA) is 63.3 Å². The van der Waals surface area contributed by atoms with Gasteiger partial charge in [0.05, 0.1) is 6.42 Å². The predicted octanol–water partition coefficient (Wildman–Crippen LogP) is 2.33. The minimum absolute atomic E-state index is 0.173. The molecule has 0 atom stereocenters. The van der Waals surface area contributed by atoms with Crippen molar-refractivity contribution in [2.75, 3.05) is 0 Å². The Balaban J connectivity index is 2.12. The number of hydrogen-bond acceptors (Lipinski definition) is 3. The summed E-state index contributed by atoms with van der Waals surface area (Å²) >= 11 is 0. The van der Waals surface area contributed by atoms with Gasteiger partial charge in [-0.3, -0.25) is 4.79 Å². The molecule has 0 unspecified atom stereocenters. The number of fused-ring (bicyclic) bond motifs is 1. The number of nitrogens with zero attached hydrogens (tertiary/aromatic N) is 1. The largest absolute Gasteiger partial charge is 0.481 e. The quantitative estimate of drug-likeness (QED) is 0.857. The molecule has 16 heavy (non-hydrogen) atoms. The average molecular weight is 217 g/mol. The van der Waals surface area contributed by atoms with E-state index in [0.717, 1.165) is 29.5 Å². The minimum Gasteiger partial charge on any atom is -0.481 e. The normalized spacial score (nSPS) is 17.5. The number of aromatic nitrogens is 1. The summed E-state index contributed by atoms with van der Waals surface area (Å²) in [5.74, 6) is -0.756. The number of hydrogen-bond donors (Lipinski definition) is 1. The Hall–Kier alpha value is -1.84. The maximum absolute atomic E-state index is 10.9. The molecular formula is C12H11NO3. The first-order chi connectivity index (χ1) is 7.71. The average Bonchev–Trinajstić information content (AvgIpc) is 2.85. The van der Waals surface area contributed by atoms with Crippen molar-refractivity contribution in [2.45, 2.75) is 24.7 Å². The van der Waals surface area contributed by atoms with Crippen molar-refractivity contribution in [3.05, 3.63) is 30.2 Å². The summed E-state index contributed by atoms with van der Waals surface area (Å²) in [5.41, 5.74) is 2.31. The predicted molar refractivity (Wildman–Crippen MR) is 57.2 cm³/mol. The highest BCUT2D eigenvalue weighted by molar-refractivity contribution is 5.80. The fourth-order valence-electron chi connectivity index (χ4n) is 2.29. The van der Waals surface area contributed by atoms with E-state index in [-0.39, 0.29) is 11.8 Å². The van der Waals surface area contributed by atoms with Crippen molar-refractivity contribution >= 4 is 17.1 Å². The van der Waals surface area contributed by atoms with E-state index in [4.69, 9.17) is 9.52 Å². The monoisotopic (exact) mass is 217 g/mol. The van der Waals surface area contributed by atoms with Crippen LogP contribution in [0.3, 0.4) is 0 Å². The van der Waals surface area contributed by atoms with Crippen molar-refractivity contribution in [3.63, 3.8) is 0 Å². The Morgan fingerprint density at radius 1 is 1.50 bits per heavy atom. The van der Waals surface area contributed by atoms with Crippen molar-refractivity contribution in [1.29, 1.82) is 0 Å². The molecule has 1 aromatic carbocycles. The molecule has 1 saturated carbocycles. The summed E-state index contributed by atoms with van der Waals surface area (Å²) < 4.78 is 5.35. The summed E-state index contributed by atoms with van der Waals surface area (Å²) in [6.07, 6.45) is 3.41. The molecule has 0 spiro atoms. The van der Waals surface area contributed by atoms with Crippen LogP contribution in [-0.4, -0.2) is 16.1 Å². The lowest BCUT2D eigenvalue weighted by Gasteiger charge is -2.12. The Labute approximate surface area is 91.9 Å². The van der Waals surface area contributed by atoms with Gasteiger partial charge in [-0.25, -0.2) is 4.98 Å². The summed E-state index contributed by atoms with van der Waals surface area (Å²) in [4.78, 5) is 14.9. The maximum atomic E-state index is 10.9. The van der Waals surface area contributed by atoms with Crippen LogP contribution >= 0.6 is 0 Å². The molecule has 4 nitrogen and oxygen atoms in total. The van der Waals surface area contributed by atoms with E-state index >= 15 is 0 Å². The van der Waals surface area contributed by atoms with Gasteiger partial charge >= 0.3 is 5.97 Å². The third-order valence-corrected chi connectivity index (χ3v) is 3.27. The van der Waals surface area contributed by atoms with E-state index in [2.05, 4.69) is 4.98 Å². The first-order valence-corrected chi connectivity index (χ1v) is 5.26. The van der Waals surface area contributed by atoms with Gasteiger partial charge in [-0.1, -0.05) is 12.1 Å². The summed E-state index contributed by atoms with van der Waals surface area (Å²) in [6.45, 7) is 0. The maximum Gasteiger partial charge on any atom is 0.304 e. The molecule has 0 bridgehead atoms. The summed E-state index contributed by atoms with van der Waals surface area (Å²) in [5, 5.41) is 8.93. The molecule has 0 aliphatic heterocycles. The van der Waals surface area contributed by atoms with Crippen LogP contribution < -0.4 is 0 Å². The van der Waals surface area contributed by atoms with Crippen LogP contribution in [0.5, 0.6) is 0 Å². The zero-order chi connectivity index (χ0) is 11.2. The van der Waals surface area contributed by atoms with E-state index in [1.807, 2.05) is 18.2 Å². The molecule has 1 aliphatic rings. The molecule has 2 aromatic rings. The molecule has 1 aliphatic carbocycles. The van der Waals surface area contributed by atoms with Gasteiger partial charge in [0.1, 0.15) is 5.52 Å². The highest BCUT2D eigenvalue weighted by Gasteiger charge is 2.47. The van der Waals surface area contributed by atoms with Gasteiger partial charge in [0.2, 0.25) is 0 Å². The lowest BCUT2D eigenvalue weighted by atomic mass is 9.92. The number of carboxylic acid groups (broad SMARTS) is 1. The second-order valence-corrected chi connectivity index (χ2v) is 4.36. The summed E-state index contributed by atoms with van der Waals surface area (Å²) in [6, 6.07) is 5.73. The Morgan fingerprint density at radius 3 is 3.00 bits per heavy atom. The van der Waals surface area contributed by atoms with Crippen LogP contribution in [-0.2, 0) is 10.2 Å². The Kier molecular flexibility index (Phi) is 1.80. The number of rotatable bonds is 3. The molecule has 1 aromatic heterocycles. The molecule has 1 heterocycles. The zero-order valence-corrected chi connectivity index (χ0v) is 8.64. The van der Waals surface area contributed by atoms with Crippen molar-refractivity contribution in [1.82, 2.24) is 4.98 Å². The fourth-order valence-corrected chi connectivity index (χ4v) is 2.29. The zero-order valence-electron chi connectivity index (χ0n) is 8.64. The first-order valence-electron chi connectivity index (χ1n) is 5.26. The van der Waals surface area contributed by atoms with Crippen LogP contribution in [0, 0.1) is 0 Å². The fraction of sp³-hybridized carbons (Fsp3) is 0.333. The van der Waals surface area contributed by atoms with Crippen molar-refractivity contribution < 1.29 is 14.3 Å². The van der Waals surface area contributed by atoms with Gasteiger partial charge in [0.25, 0.3) is 0 Å². The molecule has 0 radical (unpaired) electrons. The van der Waals surface area contributed by atoms with Gasteiger partial charge < -0.3 is 9.52 Å². The minimum atomic E-state index is -0.756. The lowest BCUT2D eigenvalue weighted by molar-refractivity contribution is -0.137. The molecule has 0 saturated heterocycles. The van der Waals surface area contributed by atoms with Crippen LogP contribution in [0.2, 0.25) is 0 Å². The Bertz CT molecular complexity index is 554. The van der Waals surface area contributed by atoms with Crippen LogP contribution in [0.1, 0.15) is 24.8 Å². The smallest absolute Gasteiger partial charge is 0.304 e. The number of carbonyl (C=O) groups is 1. The number of carboxylic acids is 1. The van der Waals surface area contributed by atoms with Gasteiger partial charge in [0.15, 0.2) is 12.0 Å². The molecular weight excluding hydrogens is 206 g/mol. The standard InChI is InChI=1S/C12H11NO3/c14-10(15)6-12(4-5-12)8-2-1-3-9-11(8)16-7-13-9/h1-3,7H,4-6H2,(H,14,15). The second kappa shape index (κ2) is 3.07. The number of benzene rings is 1. The third-order valence-electron chi connectivity index (χ3n) is 3.27. The van der Waals surface area contributed by atoms with Crippen molar-refractivity contribution in [2.24, 2.45) is 0 Å². The van der Waals surface area contributed by atoms with E-state index < -0.39 is 5.97 Å². The number of para-hydroxylation sites is 1. The number of aliphatic carboxylic acids is 1. The molecule has 1 fully saturated rings. The highest BCUT2D eigenvalue weighted by Crippen LogP contribution is 2.52. The molecule has 0 amide bonds. The van der Waals surface area contributed by atoms with Crippen LogP contribution in [0.15, 0.2) is 29.0 Å². The van der Waals surface area contributed by atoms with Crippen LogP contribution in [0.25, 0.3) is 11.1 Å². The molecule has 82 valence electrons. The lowest BCUT2D eigenvalue weighted by Crippen LogP contribution is -2.13. The van der Waals surface area contributed by atoms with Gasteiger partial charge in [0, 0.05) is 11.0 Å². The number of oxazole rings is 1. The van der Waals surface area contributed by atoms with Crippen molar-refractivity contribution in [3.8, 4) is 0 Å². The SMILES string of the molecule is O=C(O)CC1(c2cccc3ncoc23)CC1. The third kappa shape index (κ3) is 1.30. The van der Waals surface area contributed by atoms with Gasteiger partial charge in [-0.15, -0.1) is 0 Å². The van der Waals surface area contributed by atoms with E-state index in [1.165, 1.54) is 6.39 Å². The molecule has 3 rings (SSSR count). The molecule has 4 heteroatoms. The second-order valence-electron chi connectivity index (χ2n) is 4.36. The van der Waals surface area contributed by atoms with Gasteiger partial charge in [-0.2, -0.15) is 0 Å². The highest BCUT2D eigenvalue weighted by atomic mass is 16.4.